The molecule has 1 aliphatic rings. The molecule has 0 bridgehead atoms. The number of hydrogen-bond donors (Lipinski definition) is 0. The average molecular weight is 338 g/mol. The van der Waals surface area contributed by atoms with Crippen LogP contribution < -0.4 is 0 Å². The number of cyclic esters (lactones) is 1. The summed E-state index contributed by atoms with van der Waals surface area (Å²) in [6.45, 7) is 7.92. The van der Waals surface area contributed by atoms with E-state index in [0.29, 0.717) is 13.2 Å². The fourth-order valence-corrected chi connectivity index (χ4v) is 7.12. The number of carbonyl (C=O) groups excluding carboxylic acids is 1. The molecule has 1 amide bonds. The van der Waals surface area contributed by atoms with Gasteiger partial charge in [-0.15, -0.1) is 0 Å². The van der Waals surface area contributed by atoms with E-state index in [1.165, 1.54) is 10.8 Å². The highest BCUT2D eigenvalue weighted by molar-refractivity contribution is 6.96. The first kappa shape index (κ1) is 17.1. The first-order valence-electron chi connectivity index (χ1n) is 7.98. The van der Waals surface area contributed by atoms with Gasteiger partial charge in [0.2, 0.25) is 0 Å². The standard InChI is InChI=1S/C17H24ClNO2Si/c1-4-22(5-2,6-3)16(13-19-11-12-21-17(19)20)14-7-9-15(18)10-8-14/h7-10,13H,4-6,11-12H2,1-3H3/b16-13-. The van der Waals surface area contributed by atoms with E-state index in [-0.39, 0.29) is 6.09 Å². The Morgan fingerprint density at radius 3 is 2.27 bits per heavy atom. The monoisotopic (exact) mass is 337 g/mol. The molecular formula is C17H24ClNO2Si. The van der Waals surface area contributed by atoms with Crippen LogP contribution in [0.1, 0.15) is 26.3 Å². The summed E-state index contributed by atoms with van der Waals surface area (Å²) >= 11 is 6.03. The van der Waals surface area contributed by atoms with Crippen LogP contribution in [-0.2, 0) is 4.74 Å². The molecule has 120 valence electrons. The van der Waals surface area contributed by atoms with Gasteiger partial charge in [0.05, 0.1) is 14.6 Å². The first-order valence-corrected chi connectivity index (χ1v) is 11.0. The summed E-state index contributed by atoms with van der Waals surface area (Å²) in [5.41, 5.74) is 1.18. The number of hydrogen-bond acceptors (Lipinski definition) is 2. The van der Waals surface area contributed by atoms with Crippen molar-refractivity contribution in [1.29, 1.82) is 0 Å². The van der Waals surface area contributed by atoms with Crippen molar-refractivity contribution in [3.8, 4) is 0 Å². The van der Waals surface area contributed by atoms with Crippen LogP contribution in [0.3, 0.4) is 0 Å². The number of amides is 1. The van der Waals surface area contributed by atoms with Crippen LogP contribution >= 0.6 is 11.6 Å². The third-order valence-electron chi connectivity index (χ3n) is 4.83. The third kappa shape index (κ3) is 3.38. The molecule has 1 aliphatic heterocycles. The molecule has 0 radical (unpaired) electrons. The topological polar surface area (TPSA) is 29.5 Å². The van der Waals surface area contributed by atoms with Gasteiger partial charge in [0.25, 0.3) is 0 Å². The molecule has 1 fully saturated rings. The molecule has 0 atom stereocenters. The lowest BCUT2D eigenvalue weighted by Crippen LogP contribution is -2.35. The zero-order chi connectivity index (χ0) is 16.2. The lowest BCUT2D eigenvalue weighted by molar-refractivity contribution is 0.166. The fourth-order valence-electron chi connectivity index (χ4n) is 3.15. The maximum atomic E-state index is 11.8. The Bertz CT molecular complexity index is 544. The highest BCUT2D eigenvalue weighted by atomic mass is 35.5. The number of carbonyl (C=O) groups is 1. The Hall–Kier alpha value is -1.26. The van der Waals surface area contributed by atoms with Gasteiger partial charge < -0.3 is 4.74 Å². The van der Waals surface area contributed by atoms with Crippen LogP contribution in [0.2, 0.25) is 23.2 Å². The van der Waals surface area contributed by atoms with Gasteiger partial charge in [0.1, 0.15) is 6.61 Å². The van der Waals surface area contributed by atoms with Gasteiger partial charge in [-0.3, -0.25) is 4.90 Å². The molecular weight excluding hydrogens is 314 g/mol. The van der Waals surface area contributed by atoms with Crippen molar-refractivity contribution in [2.75, 3.05) is 13.2 Å². The Morgan fingerprint density at radius 2 is 1.82 bits per heavy atom. The second-order valence-electron chi connectivity index (χ2n) is 5.70. The minimum atomic E-state index is -1.63. The molecule has 0 N–H and O–H groups in total. The van der Waals surface area contributed by atoms with Gasteiger partial charge in [-0.2, -0.15) is 0 Å². The van der Waals surface area contributed by atoms with Gasteiger partial charge in [0.15, 0.2) is 0 Å². The van der Waals surface area contributed by atoms with Crippen molar-refractivity contribution in [3.63, 3.8) is 0 Å². The fraction of sp³-hybridized carbons (Fsp3) is 0.471. The van der Waals surface area contributed by atoms with E-state index in [0.717, 1.165) is 23.2 Å². The molecule has 1 saturated heterocycles. The van der Waals surface area contributed by atoms with E-state index in [4.69, 9.17) is 16.3 Å². The van der Waals surface area contributed by atoms with Crippen LogP contribution in [-0.4, -0.2) is 32.2 Å². The van der Waals surface area contributed by atoms with Crippen LogP contribution in [0.4, 0.5) is 4.79 Å². The number of benzene rings is 1. The maximum absolute atomic E-state index is 11.8. The zero-order valence-corrected chi connectivity index (χ0v) is 15.3. The zero-order valence-electron chi connectivity index (χ0n) is 13.6. The van der Waals surface area contributed by atoms with Gasteiger partial charge in [-0.25, -0.2) is 4.79 Å². The molecule has 0 spiro atoms. The Labute approximate surface area is 138 Å². The quantitative estimate of drug-likeness (QED) is 0.669. The number of ether oxygens (including phenoxy) is 1. The summed E-state index contributed by atoms with van der Waals surface area (Å²) in [5.74, 6) is 0. The van der Waals surface area contributed by atoms with E-state index in [1.807, 2.05) is 18.3 Å². The minimum absolute atomic E-state index is 0.238. The van der Waals surface area contributed by atoms with E-state index >= 15 is 0 Å². The van der Waals surface area contributed by atoms with Gasteiger partial charge in [-0.05, 0) is 22.9 Å². The number of nitrogens with zero attached hydrogens (tertiary/aromatic N) is 1. The van der Waals surface area contributed by atoms with E-state index in [2.05, 4.69) is 32.9 Å². The van der Waals surface area contributed by atoms with E-state index in [1.54, 1.807) is 4.90 Å². The Balaban J connectivity index is 2.50. The van der Waals surface area contributed by atoms with Crippen LogP contribution in [0.5, 0.6) is 0 Å². The molecule has 0 aliphatic carbocycles. The third-order valence-corrected chi connectivity index (χ3v) is 10.7. The molecule has 0 unspecified atom stereocenters. The lowest BCUT2D eigenvalue weighted by atomic mass is 10.2. The minimum Gasteiger partial charge on any atom is -0.447 e. The summed E-state index contributed by atoms with van der Waals surface area (Å²) in [6.07, 6.45) is 1.80. The van der Waals surface area contributed by atoms with Gasteiger partial charge >= 0.3 is 6.09 Å². The molecule has 5 heteroatoms. The first-order chi connectivity index (χ1) is 10.6. The molecule has 22 heavy (non-hydrogen) atoms. The molecule has 0 saturated carbocycles. The van der Waals surface area contributed by atoms with E-state index in [9.17, 15) is 4.79 Å². The van der Waals surface area contributed by atoms with E-state index < -0.39 is 8.07 Å². The molecule has 3 nitrogen and oxygen atoms in total. The summed E-state index contributed by atoms with van der Waals surface area (Å²) in [4.78, 5) is 13.6. The van der Waals surface area contributed by atoms with Crippen molar-refractivity contribution in [2.45, 2.75) is 38.9 Å². The van der Waals surface area contributed by atoms with Crippen LogP contribution in [0.25, 0.3) is 5.20 Å². The number of halogens is 1. The summed E-state index contributed by atoms with van der Waals surface area (Å²) in [5, 5.41) is 2.07. The van der Waals surface area contributed by atoms with Crippen LogP contribution in [0, 0.1) is 0 Å². The predicted octanol–water partition coefficient (Wildman–Crippen LogP) is 5.18. The molecule has 1 heterocycles. The van der Waals surface area contributed by atoms with Gasteiger partial charge in [0, 0.05) is 11.2 Å². The Kier molecular flexibility index (Phi) is 5.70. The molecule has 0 aromatic heterocycles. The SMILES string of the molecule is CC[Si](CC)(CC)/C(=C\N1CCOC1=O)c1ccc(Cl)cc1. The molecule has 2 rings (SSSR count). The maximum Gasteiger partial charge on any atom is 0.413 e. The predicted molar refractivity (Wildman–Crippen MR) is 94.7 cm³/mol. The second kappa shape index (κ2) is 7.33. The summed E-state index contributed by atoms with van der Waals surface area (Å²) in [7, 11) is -1.63. The smallest absolute Gasteiger partial charge is 0.413 e. The van der Waals surface area contributed by atoms with Gasteiger partial charge in [-0.1, -0.05) is 62.6 Å². The lowest BCUT2D eigenvalue weighted by Gasteiger charge is -2.32. The average Bonchev–Trinajstić information content (AvgIpc) is 2.94. The molecule has 1 aromatic carbocycles. The normalized spacial score (nSPS) is 16.1. The summed E-state index contributed by atoms with van der Waals surface area (Å²) < 4.78 is 5.07. The molecule has 1 aromatic rings. The van der Waals surface area contributed by atoms with Crippen molar-refractivity contribution < 1.29 is 9.53 Å². The Morgan fingerprint density at radius 1 is 1.23 bits per heavy atom. The largest absolute Gasteiger partial charge is 0.447 e. The van der Waals surface area contributed by atoms with Crippen LogP contribution in [0.15, 0.2) is 30.5 Å². The van der Waals surface area contributed by atoms with Crippen molar-refractivity contribution in [1.82, 2.24) is 4.90 Å². The van der Waals surface area contributed by atoms with Crippen molar-refractivity contribution in [2.24, 2.45) is 0 Å². The second-order valence-corrected chi connectivity index (χ2v) is 11.4. The highest BCUT2D eigenvalue weighted by Gasteiger charge is 2.34. The van der Waals surface area contributed by atoms with Crippen molar-refractivity contribution >= 4 is 31.0 Å². The van der Waals surface area contributed by atoms with Crippen molar-refractivity contribution in [3.05, 3.63) is 41.1 Å². The summed E-state index contributed by atoms with van der Waals surface area (Å²) in [6, 6.07) is 11.5. The highest BCUT2D eigenvalue weighted by Crippen LogP contribution is 2.36. The number of rotatable bonds is 6.